The Morgan fingerprint density at radius 3 is 2.76 bits per heavy atom. The standard InChI is InChI=1S/C13H9N5O3/c1-21-13-3-2-10(18(19)20)4-9(13)7-17-8-16-11(5-14)12(17)6-15/h2-4,8H,7H2,1H3. The Balaban J connectivity index is 2.46. The first-order valence-corrected chi connectivity index (χ1v) is 5.77. The molecule has 0 fully saturated rings. The van der Waals surface area contributed by atoms with E-state index >= 15 is 0 Å². The van der Waals surface area contributed by atoms with E-state index in [2.05, 4.69) is 4.98 Å². The highest BCUT2D eigenvalue weighted by molar-refractivity contribution is 5.45. The van der Waals surface area contributed by atoms with Crippen LogP contribution in [0.15, 0.2) is 24.5 Å². The summed E-state index contributed by atoms with van der Waals surface area (Å²) in [5.74, 6) is 0.455. The summed E-state index contributed by atoms with van der Waals surface area (Å²) in [6.07, 6.45) is 1.34. The van der Waals surface area contributed by atoms with Crippen LogP contribution in [0.4, 0.5) is 5.69 Å². The SMILES string of the molecule is COc1ccc([N+](=O)[O-])cc1Cn1cnc(C#N)c1C#N. The maximum absolute atomic E-state index is 10.8. The second kappa shape index (κ2) is 5.72. The number of non-ortho nitro benzene ring substituents is 1. The Kier molecular flexibility index (Phi) is 3.82. The number of hydrogen-bond acceptors (Lipinski definition) is 6. The third-order valence-electron chi connectivity index (χ3n) is 2.87. The number of aromatic nitrogens is 2. The summed E-state index contributed by atoms with van der Waals surface area (Å²) in [4.78, 5) is 14.1. The molecular formula is C13H9N5O3. The predicted molar refractivity (Wildman–Crippen MR) is 70.4 cm³/mol. The van der Waals surface area contributed by atoms with E-state index in [0.717, 1.165) is 0 Å². The van der Waals surface area contributed by atoms with Crippen molar-refractivity contribution in [1.29, 1.82) is 10.5 Å². The number of nitro benzene ring substituents is 1. The van der Waals surface area contributed by atoms with E-state index in [0.29, 0.717) is 11.3 Å². The van der Waals surface area contributed by atoms with E-state index in [1.165, 1.54) is 36.2 Å². The number of nitriles is 2. The van der Waals surface area contributed by atoms with Crippen LogP contribution in [0.3, 0.4) is 0 Å². The maximum atomic E-state index is 10.8. The van der Waals surface area contributed by atoms with Gasteiger partial charge in [0.1, 0.15) is 17.9 Å². The summed E-state index contributed by atoms with van der Waals surface area (Å²) in [6.45, 7) is 0.141. The molecule has 0 unspecified atom stereocenters. The molecule has 1 aromatic carbocycles. The first kappa shape index (κ1) is 14.0. The summed E-state index contributed by atoms with van der Waals surface area (Å²) in [5, 5.41) is 28.7. The summed E-state index contributed by atoms with van der Waals surface area (Å²) in [5.41, 5.74) is 0.558. The van der Waals surface area contributed by atoms with Gasteiger partial charge in [0, 0.05) is 17.7 Å². The third-order valence-corrected chi connectivity index (χ3v) is 2.87. The molecule has 0 spiro atoms. The molecule has 0 bridgehead atoms. The van der Waals surface area contributed by atoms with Crippen molar-refractivity contribution in [1.82, 2.24) is 9.55 Å². The first-order valence-electron chi connectivity index (χ1n) is 5.77. The maximum Gasteiger partial charge on any atom is 0.270 e. The highest BCUT2D eigenvalue weighted by Crippen LogP contribution is 2.25. The minimum Gasteiger partial charge on any atom is -0.496 e. The third kappa shape index (κ3) is 2.65. The van der Waals surface area contributed by atoms with Crippen LogP contribution < -0.4 is 4.74 Å². The van der Waals surface area contributed by atoms with Crippen LogP contribution in [0.25, 0.3) is 0 Å². The lowest BCUT2D eigenvalue weighted by Gasteiger charge is -2.09. The molecule has 0 aliphatic heterocycles. The van der Waals surface area contributed by atoms with E-state index in [9.17, 15) is 10.1 Å². The molecule has 0 saturated heterocycles. The van der Waals surface area contributed by atoms with Crippen molar-refractivity contribution in [3.8, 4) is 17.9 Å². The van der Waals surface area contributed by atoms with Crippen molar-refractivity contribution < 1.29 is 9.66 Å². The van der Waals surface area contributed by atoms with Gasteiger partial charge in [-0.15, -0.1) is 0 Å². The highest BCUT2D eigenvalue weighted by Gasteiger charge is 2.15. The van der Waals surface area contributed by atoms with Crippen molar-refractivity contribution in [2.45, 2.75) is 6.54 Å². The quantitative estimate of drug-likeness (QED) is 0.621. The Labute approximate surface area is 119 Å². The smallest absolute Gasteiger partial charge is 0.270 e. The van der Waals surface area contributed by atoms with Crippen LogP contribution in [0.1, 0.15) is 17.0 Å². The van der Waals surface area contributed by atoms with E-state index in [1.54, 1.807) is 0 Å². The number of rotatable bonds is 4. The minimum absolute atomic E-state index is 0.0156. The Morgan fingerprint density at radius 2 is 2.19 bits per heavy atom. The van der Waals surface area contributed by atoms with Crippen molar-refractivity contribution in [2.24, 2.45) is 0 Å². The topological polar surface area (TPSA) is 118 Å². The van der Waals surface area contributed by atoms with E-state index in [4.69, 9.17) is 15.3 Å². The van der Waals surface area contributed by atoms with Crippen LogP contribution >= 0.6 is 0 Å². The molecule has 2 rings (SSSR count). The number of nitro groups is 1. The van der Waals surface area contributed by atoms with Crippen LogP contribution in [0.2, 0.25) is 0 Å². The summed E-state index contributed by atoms with van der Waals surface area (Å²) in [7, 11) is 1.45. The lowest BCUT2D eigenvalue weighted by molar-refractivity contribution is -0.384. The van der Waals surface area contributed by atoms with Gasteiger partial charge in [0.2, 0.25) is 0 Å². The van der Waals surface area contributed by atoms with E-state index in [-0.39, 0.29) is 23.6 Å². The van der Waals surface area contributed by atoms with Crippen LogP contribution in [-0.4, -0.2) is 21.6 Å². The zero-order valence-electron chi connectivity index (χ0n) is 11.0. The fourth-order valence-corrected chi connectivity index (χ4v) is 1.89. The molecule has 0 saturated carbocycles. The normalized spacial score (nSPS) is 9.67. The van der Waals surface area contributed by atoms with Crippen LogP contribution in [0.5, 0.6) is 5.75 Å². The number of benzene rings is 1. The van der Waals surface area contributed by atoms with Gasteiger partial charge in [0.25, 0.3) is 5.69 Å². The second-order valence-electron chi connectivity index (χ2n) is 4.05. The Bertz CT molecular complexity index is 782. The van der Waals surface area contributed by atoms with Gasteiger partial charge in [-0.2, -0.15) is 10.5 Å². The van der Waals surface area contributed by atoms with Crippen molar-refractivity contribution in [3.05, 3.63) is 51.6 Å². The fourth-order valence-electron chi connectivity index (χ4n) is 1.89. The van der Waals surface area contributed by atoms with Crippen LogP contribution in [-0.2, 0) is 6.54 Å². The van der Waals surface area contributed by atoms with Crippen molar-refractivity contribution >= 4 is 5.69 Å². The Morgan fingerprint density at radius 1 is 1.43 bits per heavy atom. The molecule has 0 atom stereocenters. The highest BCUT2D eigenvalue weighted by atomic mass is 16.6. The monoisotopic (exact) mass is 283 g/mol. The molecule has 0 aliphatic rings. The number of imidazole rings is 1. The van der Waals surface area contributed by atoms with Crippen molar-refractivity contribution in [3.63, 3.8) is 0 Å². The summed E-state index contributed by atoms with van der Waals surface area (Å²) in [6, 6.07) is 7.90. The van der Waals surface area contributed by atoms with E-state index in [1.807, 2.05) is 12.1 Å². The molecule has 0 aliphatic carbocycles. The average Bonchev–Trinajstić information content (AvgIpc) is 2.88. The van der Waals surface area contributed by atoms with Crippen molar-refractivity contribution in [2.75, 3.05) is 7.11 Å². The molecule has 1 heterocycles. The van der Waals surface area contributed by atoms with Gasteiger partial charge in [-0.3, -0.25) is 10.1 Å². The van der Waals surface area contributed by atoms with Gasteiger partial charge in [0.05, 0.1) is 24.9 Å². The minimum atomic E-state index is -0.511. The molecule has 0 radical (unpaired) electrons. The fraction of sp³-hybridized carbons (Fsp3) is 0.154. The molecular weight excluding hydrogens is 274 g/mol. The zero-order chi connectivity index (χ0) is 15.4. The second-order valence-corrected chi connectivity index (χ2v) is 4.05. The Hall–Kier alpha value is -3.39. The average molecular weight is 283 g/mol. The molecule has 21 heavy (non-hydrogen) atoms. The zero-order valence-corrected chi connectivity index (χ0v) is 11.0. The summed E-state index contributed by atoms with van der Waals surface area (Å²) < 4.78 is 6.60. The van der Waals surface area contributed by atoms with Gasteiger partial charge in [-0.25, -0.2) is 4.98 Å². The van der Waals surface area contributed by atoms with Gasteiger partial charge < -0.3 is 9.30 Å². The lowest BCUT2D eigenvalue weighted by atomic mass is 10.1. The van der Waals surface area contributed by atoms with Gasteiger partial charge >= 0.3 is 0 Å². The predicted octanol–water partition coefficient (Wildman–Crippen LogP) is 1.59. The molecule has 0 amide bonds. The summed E-state index contributed by atoms with van der Waals surface area (Å²) >= 11 is 0. The molecule has 1 aromatic heterocycles. The molecule has 0 N–H and O–H groups in total. The van der Waals surface area contributed by atoms with Gasteiger partial charge in [-0.1, -0.05) is 0 Å². The molecule has 2 aromatic rings. The number of hydrogen-bond donors (Lipinski definition) is 0. The number of ether oxygens (including phenoxy) is 1. The van der Waals surface area contributed by atoms with Gasteiger partial charge in [0.15, 0.2) is 11.4 Å². The van der Waals surface area contributed by atoms with Crippen LogP contribution in [0, 0.1) is 32.8 Å². The van der Waals surface area contributed by atoms with Gasteiger partial charge in [-0.05, 0) is 6.07 Å². The number of methoxy groups -OCH3 is 1. The number of nitrogens with zero attached hydrogens (tertiary/aromatic N) is 5. The molecule has 104 valence electrons. The largest absolute Gasteiger partial charge is 0.496 e. The van der Waals surface area contributed by atoms with E-state index < -0.39 is 4.92 Å². The first-order chi connectivity index (χ1) is 10.1. The molecule has 8 nitrogen and oxygen atoms in total. The molecule has 8 heteroatoms. The lowest BCUT2D eigenvalue weighted by Crippen LogP contribution is -2.04.